The molecule has 0 aliphatic carbocycles. The largest absolute Gasteiger partial charge is 0.476 e. The second-order valence-corrected chi connectivity index (χ2v) is 5.02. The van der Waals surface area contributed by atoms with E-state index < -0.39 is 34.6 Å². The van der Waals surface area contributed by atoms with Crippen molar-refractivity contribution in [1.29, 1.82) is 0 Å². The second kappa shape index (κ2) is 7.22. The average Bonchev–Trinajstić information content (AvgIpc) is 2.74. The number of nitrogens with zero attached hydrogens (tertiary/aromatic N) is 2. The molecule has 1 aromatic rings. The molecule has 22 heavy (non-hydrogen) atoms. The average molecular weight is 358 g/mol. The number of hydrogen-bond donors (Lipinski definition) is 2. The van der Waals surface area contributed by atoms with E-state index in [2.05, 4.69) is 21.6 Å². The first-order valence-corrected chi connectivity index (χ1v) is 6.45. The molecule has 0 aromatic carbocycles. The third-order valence-corrected chi connectivity index (χ3v) is 3.01. The van der Waals surface area contributed by atoms with Crippen LogP contribution in [0.3, 0.4) is 0 Å². The molecule has 12 heteroatoms. The third-order valence-electron chi connectivity index (χ3n) is 1.84. The van der Waals surface area contributed by atoms with E-state index in [1.54, 1.807) is 0 Å². The molecule has 1 heterocycles. The number of alkyl halides is 3. The number of carboxylic acids is 1. The third kappa shape index (κ3) is 4.70. The molecule has 1 rings (SSSR count). The Hall–Kier alpha value is -2.14. The molecule has 2 N–H and O–H groups in total. The molecule has 0 aliphatic rings. The molecule has 0 aliphatic heterocycles. The topological polar surface area (TPSA) is 101 Å². The highest BCUT2D eigenvalue weighted by Gasteiger charge is 2.39. The number of amides is 1. The number of carbonyl (C=O) groups is 2. The Kier molecular flexibility index (Phi) is 5.88. The number of halogens is 4. The van der Waals surface area contributed by atoms with Gasteiger partial charge in [0.1, 0.15) is 16.6 Å². The number of thiazole rings is 1. The number of hydrogen-bond acceptors (Lipinski definition) is 6. The summed E-state index contributed by atoms with van der Waals surface area (Å²) in [5, 5.41) is 13.2. The lowest BCUT2D eigenvalue weighted by Crippen LogP contribution is -2.29. The molecule has 120 valence electrons. The van der Waals surface area contributed by atoms with Crippen molar-refractivity contribution in [2.45, 2.75) is 6.18 Å². The van der Waals surface area contributed by atoms with Crippen molar-refractivity contribution in [3.8, 4) is 0 Å². The number of aliphatic carboxylic acids is 1. The fourth-order valence-corrected chi connectivity index (χ4v) is 2.05. The summed E-state index contributed by atoms with van der Waals surface area (Å²) in [4.78, 5) is 29.9. The summed E-state index contributed by atoms with van der Waals surface area (Å²) in [7, 11) is 0. The van der Waals surface area contributed by atoms with E-state index in [0.717, 1.165) is 0 Å². The molecular formula is C10H7ClF3N3O4S. The lowest BCUT2D eigenvalue weighted by molar-refractivity contribution is -0.167. The van der Waals surface area contributed by atoms with Gasteiger partial charge in [-0.05, 0) is 0 Å². The second-order valence-electron chi connectivity index (χ2n) is 3.42. The molecule has 0 saturated heterocycles. The number of carbonyl (C=O) groups excluding carboxylic acids is 1. The predicted octanol–water partition coefficient (Wildman–Crippen LogP) is 2.29. The smallest absolute Gasteiger partial charge is 0.471 e. The zero-order valence-corrected chi connectivity index (χ0v) is 12.1. The Bertz CT molecular complexity index is 629. The Morgan fingerprint density at radius 2 is 2.18 bits per heavy atom. The van der Waals surface area contributed by atoms with Crippen LogP contribution < -0.4 is 5.32 Å². The molecule has 0 unspecified atom stereocenters. The molecule has 0 saturated carbocycles. The zero-order chi connectivity index (χ0) is 16.9. The standard InChI is InChI=1S/C10H7ClF3N3O4S/c1-2-3-21-17-5(7(18)19)4-6(11)22-9(15-4)16-8(20)10(12,13)14/h2H,1,3H2,(H,18,19)(H,15,16,20)/b17-5-. The highest BCUT2D eigenvalue weighted by Crippen LogP contribution is 2.30. The van der Waals surface area contributed by atoms with Gasteiger partial charge in [-0.2, -0.15) is 13.2 Å². The monoisotopic (exact) mass is 357 g/mol. The number of oxime groups is 1. The van der Waals surface area contributed by atoms with Crippen LogP contribution in [0.15, 0.2) is 17.8 Å². The number of rotatable bonds is 6. The van der Waals surface area contributed by atoms with Gasteiger partial charge in [-0.1, -0.05) is 40.7 Å². The van der Waals surface area contributed by atoms with E-state index in [1.807, 2.05) is 0 Å². The Labute approximate surface area is 130 Å². The Morgan fingerprint density at radius 1 is 1.55 bits per heavy atom. The predicted molar refractivity (Wildman–Crippen MR) is 72.1 cm³/mol. The van der Waals surface area contributed by atoms with E-state index >= 15 is 0 Å². The van der Waals surface area contributed by atoms with Crippen LogP contribution in [0, 0.1) is 0 Å². The molecule has 0 bridgehead atoms. The zero-order valence-electron chi connectivity index (χ0n) is 10.5. The summed E-state index contributed by atoms with van der Waals surface area (Å²) in [5.74, 6) is -3.83. The quantitative estimate of drug-likeness (QED) is 0.352. The van der Waals surface area contributed by atoms with Crippen molar-refractivity contribution < 1.29 is 32.7 Å². The molecule has 0 fully saturated rings. The fourth-order valence-electron chi connectivity index (χ4n) is 1.01. The maximum absolute atomic E-state index is 12.1. The van der Waals surface area contributed by atoms with Crippen LogP contribution in [0.25, 0.3) is 0 Å². The fraction of sp³-hybridized carbons (Fsp3) is 0.200. The SMILES string of the molecule is C=CCO/N=C(\C(=O)O)c1nc(NC(=O)C(F)(F)F)sc1Cl. The van der Waals surface area contributed by atoms with E-state index in [-0.39, 0.29) is 10.9 Å². The van der Waals surface area contributed by atoms with Crippen molar-refractivity contribution in [3.63, 3.8) is 0 Å². The van der Waals surface area contributed by atoms with Crippen LogP contribution >= 0.6 is 22.9 Å². The lowest BCUT2D eigenvalue weighted by Gasteiger charge is -2.04. The summed E-state index contributed by atoms with van der Waals surface area (Å²) >= 11 is 6.14. The molecule has 0 atom stereocenters. The van der Waals surface area contributed by atoms with Gasteiger partial charge in [0.2, 0.25) is 5.71 Å². The van der Waals surface area contributed by atoms with E-state index in [0.29, 0.717) is 11.3 Å². The number of aromatic nitrogens is 1. The normalized spacial score (nSPS) is 11.9. The minimum atomic E-state index is -5.12. The van der Waals surface area contributed by atoms with E-state index in [1.165, 1.54) is 11.4 Å². The van der Waals surface area contributed by atoms with Crippen molar-refractivity contribution >= 4 is 45.7 Å². The van der Waals surface area contributed by atoms with Crippen LogP contribution in [0.5, 0.6) is 0 Å². The van der Waals surface area contributed by atoms with Crippen LogP contribution in [0.2, 0.25) is 4.34 Å². The van der Waals surface area contributed by atoms with Gasteiger partial charge < -0.3 is 9.94 Å². The highest BCUT2D eigenvalue weighted by atomic mass is 35.5. The minimum absolute atomic E-state index is 0.101. The van der Waals surface area contributed by atoms with E-state index in [4.69, 9.17) is 16.7 Å². The summed E-state index contributed by atoms with van der Waals surface area (Å²) in [5.41, 5.74) is -1.16. The van der Waals surface area contributed by atoms with Gasteiger partial charge in [0, 0.05) is 0 Å². The number of carboxylic acid groups (broad SMARTS) is 1. The van der Waals surface area contributed by atoms with Gasteiger partial charge >= 0.3 is 18.1 Å². The molecular weight excluding hydrogens is 351 g/mol. The summed E-state index contributed by atoms with van der Waals surface area (Å²) in [6.07, 6.45) is -3.82. The minimum Gasteiger partial charge on any atom is -0.476 e. The van der Waals surface area contributed by atoms with Crippen LogP contribution in [0.4, 0.5) is 18.3 Å². The van der Waals surface area contributed by atoms with Crippen LogP contribution in [0.1, 0.15) is 5.69 Å². The lowest BCUT2D eigenvalue weighted by atomic mass is 10.3. The van der Waals surface area contributed by atoms with Crippen LogP contribution in [-0.4, -0.2) is 40.5 Å². The van der Waals surface area contributed by atoms with Gasteiger partial charge in [-0.15, -0.1) is 0 Å². The number of nitrogens with one attached hydrogen (secondary N) is 1. The van der Waals surface area contributed by atoms with E-state index in [9.17, 15) is 22.8 Å². The van der Waals surface area contributed by atoms with Gasteiger partial charge in [0.25, 0.3) is 0 Å². The molecule has 1 aromatic heterocycles. The first-order chi connectivity index (χ1) is 10.2. The van der Waals surface area contributed by atoms with Gasteiger partial charge in [-0.3, -0.25) is 10.1 Å². The van der Waals surface area contributed by atoms with Crippen molar-refractivity contribution in [2.24, 2.45) is 5.16 Å². The first-order valence-electron chi connectivity index (χ1n) is 5.25. The maximum atomic E-state index is 12.1. The van der Waals surface area contributed by atoms with Gasteiger partial charge in [-0.25, -0.2) is 9.78 Å². The van der Waals surface area contributed by atoms with Crippen molar-refractivity contribution in [1.82, 2.24) is 4.98 Å². The van der Waals surface area contributed by atoms with Crippen molar-refractivity contribution in [3.05, 3.63) is 22.7 Å². The Balaban J connectivity index is 3.05. The molecule has 0 radical (unpaired) electrons. The Morgan fingerprint density at radius 3 is 2.68 bits per heavy atom. The van der Waals surface area contributed by atoms with Crippen LogP contribution in [-0.2, 0) is 14.4 Å². The molecule has 0 spiro atoms. The van der Waals surface area contributed by atoms with Gasteiger partial charge in [0.05, 0.1) is 0 Å². The van der Waals surface area contributed by atoms with Gasteiger partial charge in [0.15, 0.2) is 5.13 Å². The number of anilines is 1. The summed E-state index contributed by atoms with van der Waals surface area (Å²) in [6, 6.07) is 0. The maximum Gasteiger partial charge on any atom is 0.471 e. The molecule has 1 amide bonds. The first kappa shape index (κ1) is 17.9. The summed E-state index contributed by atoms with van der Waals surface area (Å²) in [6.45, 7) is 3.22. The highest BCUT2D eigenvalue weighted by molar-refractivity contribution is 7.20. The summed E-state index contributed by atoms with van der Waals surface area (Å²) < 4.78 is 36.1. The van der Waals surface area contributed by atoms with Crippen molar-refractivity contribution in [2.75, 3.05) is 11.9 Å². The molecule has 7 nitrogen and oxygen atoms in total.